The molecule has 0 radical (unpaired) electrons. The molecule has 0 heterocycles. The van der Waals surface area contributed by atoms with E-state index in [0.717, 1.165) is 31.2 Å². The minimum Gasteiger partial charge on any atom is -0.316 e. The van der Waals surface area contributed by atoms with Crippen molar-refractivity contribution < 1.29 is 0 Å². The van der Waals surface area contributed by atoms with Crippen LogP contribution in [-0.4, -0.2) is 31.6 Å². The van der Waals surface area contributed by atoms with Gasteiger partial charge in [-0.05, 0) is 43.8 Å². The van der Waals surface area contributed by atoms with Crippen molar-refractivity contribution in [3.05, 3.63) is 34.3 Å². The highest BCUT2D eigenvalue weighted by atomic mass is 35.5. The number of likely N-dealkylation sites (N-methyl/N-ethyl adjacent to an activating group) is 2. The fourth-order valence-electron chi connectivity index (χ4n) is 1.74. The summed E-state index contributed by atoms with van der Waals surface area (Å²) in [5.74, 6) is 0. The lowest BCUT2D eigenvalue weighted by molar-refractivity contribution is 0.325. The van der Waals surface area contributed by atoms with Gasteiger partial charge in [-0.15, -0.1) is 0 Å². The van der Waals surface area contributed by atoms with Gasteiger partial charge in [0, 0.05) is 24.7 Å². The van der Waals surface area contributed by atoms with Gasteiger partial charge in [-0.2, -0.15) is 0 Å². The van der Waals surface area contributed by atoms with Crippen molar-refractivity contribution >= 4 is 11.6 Å². The van der Waals surface area contributed by atoms with Gasteiger partial charge in [-0.3, -0.25) is 0 Å². The number of benzene rings is 1. The molecule has 0 saturated carbocycles. The molecule has 16 heavy (non-hydrogen) atoms. The van der Waals surface area contributed by atoms with Gasteiger partial charge in [0.2, 0.25) is 0 Å². The van der Waals surface area contributed by atoms with Gasteiger partial charge in [0.1, 0.15) is 0 Å². The van der Waals surface area contributed by atoms with Gasteiger partial charge < -0.3 is 10.2 Å². The van der Waals surface area contributed by atoms with E-state index in [-0.39, 0.29) is 0 Å². The first-order valence-corrected chi connectivity index (χ1v) is 6.15. The van der Waals surface area contributed by atoms with Crippen LogP contribution in [0.15, 0.2) is 18.2 Å². The average molecular weight is 241 g/mol. The summed E-state index contributed by atoms with van der Waals surface area (Å²) in [5.41, 5.74) is 2.51. The van der Waals surface area contributed by atoms with Crippen molar-refractivity contribution in [3.63, 3.8) is 0 Å². The average Bonchev–Trinajstić information content (AvgIpc) is 2.16. The maximum Gasteiger partial charge on any atom is 0.0411 e. The smallest absolute Gasteiger partial charge is 0.0411 e. The molecule has 0 saturated heterocycles. The van der Waals surface area contributed by atoms with Crippen LogP contribution in [0.3, 0.4) is 0 Å². The molecule has 0 aliphatic carbocycles. The third kappa shape index (κ3) is 4.97. The maximum absolute atomic E-state index is 6.03. The Balaban J connectivity index is 2.45. The normalized spacial score (nSPS) is 11.1. The molecule has 3 heteroatoms. The summed E-state index contributed by atoms with van der Waals surface area (Å²) in [5, 5.41) is 4.15. The molecule has 1 aromatic rings. The first-order chi connectivity index (χ1) is 7.61. The number of halogens is 1. The van der Waals surface area contributed by atoms with E-state index in [4.69, 9.17) is 11.6 Å². The summed E-state index contributed by atoms with van der Waals surface area (Å²) in [6, 6.07) is 6.22. The van der Waals surface area contributed by atoms with E-state index < -0.39 is 0 Å². The molecule has 0 spiro atoms. The second kappa shape index (κ2) is 6.89. The second-order valence-electron chi connectivity index (χ2n) is 4.23. The number of hydrogen-bond acceptors (Lipinski definition) is 2. The molecule has 0 bridgehead atoms. The summed E-state index contributed by atoms with van der Waals surface area (Å²) in [6.07, 6.45) is 0. The predicted octanol–water partition coefficient (Wildman–Crippen LogP) is 2.69. The van der Waals surface area contributed by atoms with Gasteiger partial charge >= 0.3 is 0 Å². The van der Waals surface area contributed by atoms with Crippen molar-refractivity contribution in [2.24, 2.45) is 0 Å². The molecule has 1 N–H and O–H groups in total. The predicted molar refractivity (Wildman–Crippen MR) is 71.1 cm³/mol. The largest absolute Gasteiger partial charge is 0.316 e. The van der Waals surface area contributed by atoms with Crippen LogP contribution in [0.25, 0.3) is 0 Å². The van der Waals surface area contributed by atoms with Crippen LogP contribution in [0.2, 0.25) is 5.02 Å². The number of nitrogens with one attached hydrogen (secondary N) is 1. The summed E-state index contributed by atoms with van der Waals surface area (Å²) in [6.45, 7) is 8.28. The first-order valence-electron chi connectivity index (χ1n) is 5.77. The zero-order valence-corrected chi connectivity index (χ0v) is 11.1. The SMILES string of the molecule is CCNCCN(C)Cc1cc(C)cc(Cl)c1. The van der Waals surface area contributed by atoms with Crippen molar-refractivity contribution in [2.45, 2.75) is 20.4 Å². The van der Waals surface area contributed by atoms with Crippen molar-refractivity contribution in [2.75, 3.05) is 26.7 Å². The lowest BCUT2D eigenvalue weighted by Crippen LogP contribution is -2.28. The van der Waals surface area contributed by atoms with E-state index >= 15 is 0 Å². The minimum atomic E-state index is 0.829. The summed E-state index contributed by atoms with van der Waals surface area (Å²) >= 11 is 6.03. The van der Waals surface area contributed by atoms with Gasteiger partial charge in [0.05, 0.1) is 0 Å². The quantitative estimate of drug-likeness (QED) is 0.770. The molecular weight excluding hydrogens is 220 g/mol. The molecule has 0 aliphatic heterocycles. The Morgan fingerprint density at radius 2 is 2.06 bits per heavy atom. The first kappa shape index (κ1) is 13.5. The van der Waals surface area contributed by atoms with Crippen molar-refractivity contribution in [3.8, 4) is 0 Å². The Morgan fingerprint density at radius 1 is 1.31 bits per heavy atom. The molecule has 0 aromatic heterocycles. The fraction of sp³-hybridized carbons (Fsp3) is 0.538. The van der Waals surface area contributed by atoms with E-state index in [0.29, 0.717) is 0 Å². The van der Waals surface area contributed by atoms with Crippen LogP contribution in [-0.2, 0) is 6.54 Å². The fourth-order valence-corrected chi connectivity index (χ4v) is 2.05. The van der Waals surface area contributed by atoms with Crippen LogP contribution in [0.4, 0.5) is 0 Å². The molecule has 0 amide bonds. The third-order valence-electron chi connectivity index (χ3n) is 2.47. The highest BCUT2D eigenvalue weighted by molar-refractivity contribution is 6.30. The molecule has 0 unspecified atom stereocenters. The minimum absolute atomic E-state index is 0.829. The Labute approximate surface area is 104 Å². The maximum atomic E-state index is 6.03. The van der Waals surface area contributed by atoms with Gasteiger partial charge in [0.15, 0.2) is 0 Å². The summed E-state index contributed by atoms with van der Waals surface area (Å²) < 4.78 is 0. The van der Waals surface area contributed by atoms with Gasteiger partial charge in [-0.1, -0.05) is 24.6 Å². The molecule has 90 valence electrons. The summed E-state index contributed by atoms with van der Waals surface area (Å²) in [7, 11) is 2.13. The molecule has 0 atom stereocenters. The lowest BCUT2D eigenvalue weighted by Gasteiger charge is -2.17. The van der Waals surface area contributed by atoms with Crippen molar-refractivity contribution in [1.29, 1.82) is 0 Å². The molecule has 1 aromatic carbocycles. The Kier molecular flexibility index (Phi) is 5.81. The van der Waals surface area contributed by atoms with E-state index in [1.807, 2.05) is 12.1 Å². The zero-order chi connectivity index (χ0) is 12.0. The molecule has 1 rings (SSSR count). The van der Waals surface area contributed by atoms with E-state index in [1.165, 1.54) is 11.1 Å². The second-order valence-corrected chi connectivity index (χ2v) is 4.66. The highest BCUT2D eigenvalue weighted by Crippen LogP contribution is 2.15. The Morgan fingerprint density at radius 3 is 2.69 bits per heavy atom. The van der Waals surface area contributed by atoms with Gasteiger partial charge in [-0.25, -0.2) is 0 Å². The highest BCUT2D eigenvalue weighted by Gasteiger charge is 2.01. The van der Waals surface area contributed by atoms with Crippen molar-refractivity contribution in [1.82, 2.24) is 10.2 Å². The summed E-state index contributed by atoms with van der Waals surface area (Å²) in [4.78, 5) is 2.30. The standard InChI is InChI=1S/C13H21ClN2/c1-4-15-5-6-16(3)10-12-7-11(2)8-13(14)9-12/h7-9,15H,4-6,10H2,1-3H3. The van der Waals surface area contributed by atoms with Crippen LogP contribution in [0.5, 0.6) is 0 Å². The third-order valence-corrected chi connectivity index (χ3v) is 2.69. The van der Waals surface area contributed by atoms with Crippen LogP contribution >= 0.6 is 11.6 Å². The molecular formula is C13H21ClN2. The monoisotopic (exact) mass is 240 g/mol. The lowest BCUT2D eigenvalue weighted by atomic mass is 10.1. The topological polar surface area (TPSA) is 15.3 Å². The number of hydrogen-bond donors (Lipinski definition) is 1. The molecule has 0 fully saturated rings. The van der Waals surface area contributed by atoms with Crippen LogP contribution < -0.4 is 5.32 Å². The molecule has 2 nitrogen and oxygen atoms in total. The van der Waals surface area contributed by atoms with E-state index in [1.54, 1.807) is 0 Å². The number of nitrogens with zero attached hydrogens (tertiary/aromatic N) is 1. The number of rotatable bonds is 6. The zero-order valence-electron chi connectivity index (χ0n) is 10.4. The Hall–Kier alpha value is -0.570. The van der Waals surface area contributed by atoms with E-state index in [2.05, 4.69) is 37.2 Å². The van der Waals surface area contributed by atoms with E-state index in [9.17, 15) is 0 Å². The Bertz CT molecular complexity index is 305. The molecule has 0 aliphatic rings. The van der Waals surface area contributed by atoms with Crippen LogP contribution in [0.1, 0.15) is 18.1 Å². The number of aryl methyl sites for hydroxylation is 1. The van der Waals surface area contributed by atoms with Crippen LogP contribution in [0, 0.1) is 6.92 Å². The van der Waals surface area contributed by atoms with Gasteiger partial charge in [0.25, 0.3) is 0 Å².